The number of anilines is 3. The highest BCUT2D eigenvalue weighted by atomic mass is 15.1. The highest BCUT2D eigenvalue weighted by Crippen LogP contribution is 2.58. The summed E-state index contributed by atoms with van der Waals surface area (Å²) in [5, 5.41) is 0. The standard InChI is InChI=1S/C57H47N/c1-4-6-16-42(5-2)45-25-32-50(33-26-45)58(51-34-27-46(28-35-51)43-17-10-7-11-18-43)52-36-38-54-53-37-29-47(44-19-12-8-13-20-44)39-55(53)57(56(54)40-52,48-21-14-9-15-22-48)49-30-23-41(3)24-31-49/h5-40H,4H2,1-3H3/b16-6-,42-5+. The molecular weight excluding hydrogens is 699 g/mol. The van der Waals surface area contributed by atoms with Crippen LogP contribution in [0.5, 0.6) is 0 Å². The molecule has 8 aromatic carbocycles. The van der Waals surface area contributed by atoms with Gasteiger partial charge in [0.05, 0.1) is 5.41 Å². The van der Waals surface area contributed by atoms with E-state index in [0.29, 0.717) is 0 Å². The van der Waals surface area contributed by atoms with Crippen LogP contribution >= 0.6 is 0 Å². The van der Waals surface area contributed by atoms with Crippen molar-refractivity contribution < 1.29 is 0 Å². The first-order valence-electron chi connectivity index (χ1n) is 20.4. The lowest BCUT2D eigenvalue weighted by molar-refractivity contribution is 0.768. The van der Waals surface area contributed by atoms with Crippen LogP contribution in [0.1, 0.15) is 53.6 Å². The van der Waals surface area contributed by atoms with Gasteiger partial charge in [0.15, 0.2) is 0 Å². The number of fused-ring (bicyclic) bond motifs is 3. The van der Waals surface area contributed by atoms with Crippen LogP contribution in [-0.4, -0.2) is 0 Å². The van der Waals surface area contributed by atoms with Crippen molar-refractivity contribution in [3.8, 4) is 33.4 Å². The summed E-state index contributed by atoms with van der Waals surface area (Å²) < 4.78 is 0. The average Bonchev–Trinajstić information content (AvgIpc) is 3.58. The van der Waals surface area contributed by atoms with Gasteiger partial charge in [0.2, 0.25) is 0 Å². The summed E-state index contributed by atoms with van der Waals surface area (Å²) >= 11 is 0. The minimum Gasteiger partial charge on any atom is -0.310 e. The normalized spacial score (nSPS) is 14.6. The largest absolute Gasteiger partial charge is 0.310 e. The van der Waals surface area contributed by atoms with Gasteiger partial charge in [-0.1, -0.05) is 188 Å². The molecule has 0 amide bonds. The molecule has 0 saturated heterocycles. The molecule has 1 unspecified atom stereocenters. The van der Waals surface area contributed by atoms with Crippen LogP contribution in [0, 0.1) is 6.92 Å². The Morgan fingerprint density at radius 2 is 0.966 bits per heavy atom. The van der Waals surface area contributed by atoms with E-state index in [9.17, 15) is 0 Å². The summed E-state index contributed by atoms with van der Waals surface area (Å²) in [6.45, 7) is 6.46. The summed E-state index contributed by atoms with van der Waals surface area (Å²) in [6.07, 6.45) is 7.65. The summed E-state index contributed by atoms with van der Waals surface area (Å²) in [7, 11) is 0. The monoisotopic (exact) mass is 745 g/mol. The van der Waals surface area contributed by atoms with E-state index in [1.807, 2.05) is 0 Å². The summed E-state index contributed by atoms with van der Waals surface area (Å²) in [4.78, 5) is 2.42. The van der Waals surface area contributed by atoms with E-state index in [1.54, 1.807) is 0 Å². The third-order valence-electron chi connectivity index (χ3n) is 11.7. The van der Waals surface area contributed by atoms with E-state index in [1.165, 1.54) is 72.3 Å². The third kappa shape index (κ3) is 6.59. The molecule has 0 radical (unpaired) electrons. The first-order valence-corrected chi connectivity index (χ1v) is 20.4. The summed E-state index contributed by atoms with van der Waals surface area (Å²) in [6, 6.07) is 74.0. The zero-order valence-electron chi connectivity index (χ0n) is 33.4. The highest BCUT2D eigenvalue weighted by molar-refractivity contribution is 5.91. The predicted octanol–water partition coefficient (Wildman–Crippen LogP) is 15.5. The molecule has 0 heterocycles. The Labute approximate surface area is 343 Å². The Balaban J connectivity index is 1.27. The predicted molar refractivity (Wildman–Crippen MR) is 247 cm³/mol. The van der Waals surface area contributed by atoms with Crippen molar-refractivity contribution in [2.45, 2.75) is 32.6 Å². The van der Waals surface area contributed by atoms with E-state index in [-0.39, 0.29) is 0 Å². The van der Waals surface area contributed by atoms with Gasteiger partial charge in [-0.25, -0.2) is 0 Å². The molecule has 0 N–H and O–H groups in total. The minimum absolute atomic E-state index is 0.556. The second-order valence-electron chi connectivity index (χ2n) is 15.2. The van der Waals surface area contributed by atoms with Gasteiger partial charge in [-0.05, 0) is 130 Å². The molecule has 0 saturated carbocycles. The van der Waals surface area contributed by atoms with E-state index in [2.05, 4.69) is 244 Å². The fraction of sp³-hybridized carbons (Fsp3) is 0.0877. The molecule has 0 aromatic heterocycles. The first kappa shape index (κ1) is 36.7. The van der Waals surface area contributed by atoms with Gasteiger partial charge in [0.25, 0.3) is 0 Å². The van der Waals surface area contributed by atoms with Gasteiger partial charge in [0, 0.05) is 17.1 Å². The molecule has 0 bridgehead atoms. The third-order valence-corrected chi connectivity index (χ3v) is 11.7. The molecule has 1 aliphatic rings. The zero-order chi connectivity index (χ0) is 39.5. The van der Waals surface area contributed by atoms with E-state index < -0.39 is 5.41 Å². The minimum atomic E-state index is -0.556. The van der Waals surface area contributed by atoms with Crippen molar-refractivity contribution >= 4 is 22.6 Å². The van der Waals surface area contributed by atoms with Gasteiger partial charge in [-0.2, -0.15) is 0 Å². The number of aryl methyl sites for hydroxylation is 1. The van der Waals surface area contributed by atoms with Crippen LogP contribution in [0.15, 0.2) is 218 Å². The molecule has 0 spiro atoms. The van der Waals surface area contributed by atoms with Crippen LogP contribution in [0.2, 0.25) is 0 Å². The number of nitrogens with zero attached hydrogens (tertiary/aromatic N) is 1. The van der Waals surface area contributed by atoms with Crippen LogP contribution < -0.4 is 4.90 Å². The van der Waals surface area contributed by atoms with Gasteiger partial charge >= 0.3 is 0 Å². The molecule has 280 valence electrons. The maximum absolute atomic E-state index is 2.46. The fourth-order valence-electron chi connectivity index (χ4n) is 8.83. The molecule has 1 nitrogen and oxygen atoms in total. The molecular formula is C57H47N. The van der Waals surface area contributed by atoms with Gasteiger partial charge in [-0.3, -0.25) is 0 Å². The van der Waals surface area contributed by atoms with Crippen LogP contribution in [0.25, 0.3) is 39.0 Å². The van der Waals surface area contributed by atoms with E-state index in [4.69, 9.17) is 0 Å². The summed E-state index contributed by atoms with van der Waals surface area (Å²) in [5.74, 6) is 0. The van der Waals surface area contributed by atoms with Crippen LogP contribution in [-0.2, 0) is 5.41 Å². The molecule has 0 aliphatic heterocycles. The number of rotatable bonds is 10. The SMILES string of the molecule is C/C=C(\C=C/CC)c1ccc(N(c2ccc(-c3ccccc3)cc2)c2ccc3c(c2)C(c2ccccc2)(c2ccc(C)cc2)c2cc(-c4ccccc4)ccc2-3)cc1. The lowest BCUT2D eigenvalue weighted by atomic mass is 9.67. The van der Waals surface area contributed by atoms with Crippen molar-refractivity contribution in [2.24, 2.45) is 0 Å². The van der Waals surface area contributed by atoms with Gasteiger partial charge in [-0.15, -0.1) is 0 Å². The molecule has 1 heteroatoms. The average molecular weight is 746 g/mol. The topological polar surface area (TPSA) is 3.24 Å². The summed E-state index contributed by atoms with van der Waals surface area (Å²) in [5.41, 5.74) is 18.9. The Morgan fingerprint density at radius 1 is 0.483 bits per heavy atom. The van der Waals surface area contributed by atoms with Crippen molar-refractivity contribution in [1.29, 1.82) is 0 Å². The molecule has 9 rings (SSSR count). The molecule has 8 aromatic rings. The lowest BCUT2D eigenvalue weighted by Crippen LogP contribution is -2.29. The maximum Gasteiger partial charge on any atom is 0.0714 e. The number of benzene rings is 8. The van der Waals surface area contributed by atoms with E-state index >= 15 is 0 Å². The Morgan fingerprint density at radius 3 is 1.57 bits per heavy atom. The second-order valence-corrected chi connectivity index (χ2v) is 15.2. The maximum atomic E-state index is 2.46. The number of hydrogen-bond donors (Lipinski definition) is 0. The molecule has 1 atom stereocenters. The Kier molecular flexibility index (Phi) is 10.0. The number of allylic oxidation sites excluding steroid dienone is 4. The van der Waals surface area contributed by atoms with Crippen molar-refractivity contribution in [3.05, 3.63) is 252 Å². The van der Waals surface area contributed by atoms with Crippen molar-refractivity contribution in [1.82, 2.24) is 0 Å². The molecule has 0 fully saturated rings. The van der Waals surface area contributed by atoms with Crippen LogP contribution in [0.3, 0.4) is 0 Å². The Hall–Kier alpha value is -6.96. The van der Waals surface area contributed by atoms with E-state index in [0.717, 1.165) is 23.5 Å². The zero-order valence-corrected chi connectivity index (χ0v) is 33.4. The Bertz CT molecular complexity index is 2720. The molecule has 1 aliphatic carbocycles. The fourth-order valence-corrected chi connectivity index (χ4v) is 8.83. The smallest absolute Gasteiger partial charge is 0.0714 e. The highest BCUT2D eigenvalue weighted by Gasteiger charge is 2.46. The number of hydrogen-bond acceptors (Lipinski definition) is 1. The quantitative estimate of drug-likeness (QED) is 0.126. The van der Waals surface area contributed by atoms with Gasteiger partial charge < -0.3 is 4.90 Å². The van der Waals surface area contributed by atoms with Crippen molar-refractivity contribution in [2.75, 3.05) is 4.90 Å². The van der Waals surface area contributed by atoms with Gasteiger partial charge in [0.1, 0.15) is 0 Å². The lowest BCUT2D eigenvalue weighted by Gasteiger charge is -2.35. The first-order chi connectivity index (χ1) is 28.6. The van der Waals surface area contributed by atoms with Crippen molar-refractivity contribution in [3.63, 3.8) is 0 Å². The second kappa shape index (κ2) is 15.9. The molecule has 58 heavy (non-hydrogen) atoms. The van der Waals surface area contributed by atoms with Crippen LogP contribution in [0.4, 0.5) is 17.1 Å².